The van der Waals surface area contributed by atoms with E-state index in [9.17, 15) is 14.4 Å². The molecule has 96 valence electrons. The molecule has 7 nitrogen and oxygen atoms in total. The van der Waals surface area contributed by atoms with Crippen LogP contribution in [0.15, 0.2) is 12.7 Å². The Morgan fingerprint density at radius 1 is 1.41 bits per heavy atom. The van der Waals surface area contributed by atoms with Gasteiger partial charge in [-0.3, -0.25) is 4.79 Å². The summed E-state index contributed by atoms with van der Waals surface area (Å²) in [5.74, 6) is -3.06. The maximum Gasteiger partial charge on any atom is 0.335 e. The van der Waals surface area contributed by atoms with E-state index in [4.69, 9.17) is 10.2 Å². The van der Waals surface area contributed by atoms with E-state index in [1.807, 2.05) is 0 Å². The molecule has 7 heteroatoms. The lowest BCUT2D eigenvalue weighted by molar-refractivity contribution is -0.163. The summed E-state index contributed by atoms with van der Waals surface area (Å²) in [6.45, 7) is 4.38. The van der Waals surface area contributed by atoms with Gasteiger partial charge in [0.15, 0.2) is 6.10 Å². The number of hydrogen-bond acceptors (Lipinski definition) is 6. The number of ether oxygens (including phenoxy) is 2. The van der Waals surface area contributed by atoms with Crippen molar-refractivity contribution in [1.29, 1.82) is 0 Å². The number of aliphatic hydroxyl groups is 1. The molecule has 0 radical (unpaired) electrons. The molecule has 0 saturated heterocycles. The average Bonchev–Trinajstić information content (AvgIpc) is 2.24. The molecule has 0 aliphatic heterocycles. The Balaban J connectivity index is 3.94. The van der Waals surface area contributed by atoms with Crippen LogP contribution in [0.2, 0.25) is 0 Å². The second-order valence-electron chi connectivity index (χ2n) is 3.20. The van der Waals surface area contributed by atoms with Crippen LogP contribution in [0.25, 0.3) is 0 Å². The molecular formula is C10H14O7. The van der Waals surface area contributed by atoms with Crippen LogP contribution in [0.3, 0.4) is 0 Å². The van der Waals surface area contributed by atoms with Gasteiger partial charge in [-0.25, -0.2) is 9.59 Å². The number of aliphatic hydroxyl groups excluding tert-OH is 1. The monoisotopic (exact) mass is 246 g/mol. The highest BCUT2D eigenvalue weighted by Gasteiger charge is 2.21. The van der Waals surface area contributed by atoms with Gasteiger partial charge in [0.2, 0.25) is 0 Å². The van der Waals surface area contributed by atoms with Crippen LogP contribution >= 0.6 is 0 Å². The molecule has 0 aliphatic rings. The van der Waals surface area contributed by atoms with Crippen molar-refractivity contribution in [2.75, 3.05) is 6.61 Å². The standard InChI is InChI=1S/C10H14O7/c1-3-9(14)17-6(2)5-16-10(15)7(11)4-8(12)13/h3,6-7,11H,1,4-5H2,2H3,(H,12,13). The fourth-order valence-corrected chi connectivity index (χ4v) is 0.825. The topological polar surface area (TPSA) is 110 Å². The van der Waals surface area contributed by atoms with Crippen LogP contribution in [0, 0.1) is 0 Å². The van der Waals surface area contributed by atoms with Crippen molar-refractivity contribution < 1.29 is 34.1 Å². The Hall–Kier alpha value is -1.89. The molecule has 0 aromatic rings. The van der Waals surface area contributed by atoms with E-state index in [1.165, 1.54) is 6.92 Å². The van der Waals surface area contributed by atoms with Gasteiger partial charge < -0.3 is 19.7 Å². The predicted octanol–water partition coefficient (Wildman–Crippen LogP) is -0.517. The highest BCUT2D eigenvalue weighted by molar-refractivity contribution is 5.81. The lowest BCUT2D eigenvalue weighted by atomic mass is 10.2. The molecule has 0 spiro atoms. The summed E-state index contributed by atoms with van der Waals surface area (Å²) in [7, 11) is 0. The fourth-order valence-electron chi connectivity index (χ4n) is 0.825. The first-order valence-electron chi connectivity index (χ1n) is 4.76. The Kier molecular flexibility index (Phi) is 6.57. The molecule has 0 fully saturated rings. The number of hydrogen-bond donors (Lipinski definition) is 2. The molecule has 0 aromatic carbocycles. The van der Waals surface area contributed by atoms with Crippen molar-refractivity contribution in [3.05, 3.63) is 12.7 Å². The Bertz CT molecular complexity index is 310. The van der Waals surface area contributed by atoms with Crippen LogP contribution in [0.4, 0.5) is 0 Å². The lowest BCUT2D eigenvalue weighted by Gasteiger charge is -2.13. The third kappa shape index (κ3) is 7.07. The summed E-state index contributed by atoms with van der Waals surface area (Å²) in [4.78, 5) is 32.0. The molecule has 0 amide bonds. The summed E-state index contributed by atoms with van der Waals surface area (Å²) >= 11 is 0. The largest absolute Gasteiger partial charge is 0.481 e. The van der Waals surface area contributed by atoms with Crippen molar-refractivity contribution >= 4 is 17.9 Å². The molecule has 2 unspecified atom stereocenters. The summed E-state index contributed by atoms with van der Waals surface area (Å²) in [5, 5.41) is 17.4. The highest BCUT2D eigenvalue weighted by Crippen LogP contribution is 1.99. The van der Waals surface area contributed by atoms with Gasteiger partial charge in [0, 0.05) is 6.08 Å². The van der Waals surface area contributed by atoms with Crippen LogP contribution < -0.4 is 0 Å². The summed E-state index contributed by atoms with van der Waals surface area (Å²) < 4.78 is 9.23. The molecule has 0 saturated carbocycles. The molecular weight excluding hydrogens is 232 g/mol. The molecule has 2 atom stereocenters. The zero-order valence-electron chi connectivity index (χ0n) is 9.29. The average molecular weight is 246 g/mol. The van der Waals surface area contributed by atoms with Gasteiger partial charge in [-0.2, -0.15) is 0 Å². The molecule has 0 rings (SSSR count). The maximum absolute atomic E-state index is 11.0. The second kappa shape index (κ2) is 7.39. The third-order valence-corrected chi connectivity index (χ3v) is 1.58. The predicted molar refractivity (Wildman–Crippen MR) is 55.0 cm³/mol. The first kappa shape index (κ1) is 15.1. The summed E-state index contributed by atoms with van der Waals surface area (Å²) in [6, 6.07) is 0. The van der Waals surface area contributed by atoms with Crippen molar-refractivity contribution in [2.24, 2.45) is 0 Å². The van der Waals surface area contributed by atoms with Crippen LogP contribution in [-0.4, -0.2) is 46.9 Å². The van der Waals surface area contributed by atoms with Crippen molar-refractivity contribution in [1.82, 2.24) is 0 Å². The Labute approximate surface area is 97.6 Å². The zero-order valence-corrected chi connectivity index (χ0v) is 9.29. The summed E-state index contributed by atoms with van der Waals surface area (Å²) in [6.07, 6.45) is -2.21. The molecule has 0 heterocycles. The fraction of sp³-hybridized carbons (Fsp3) is 0.500. The maximum atomic E-state index is 11.0. The van der Waals surface area contributed by atoms with Gasteiger partial charge in [0.05, 0.1) is 6.42 Å². The minimum atomic E-state index is -1.73. The number of carboxylic acids is 1. The smallest absolute Gasteiger partial charge is 0.335 e. The van der Waals surface area contributed by atoms with Gasteiger partial charge in [-0.05, 0) is 6.92 Å². The van der Waals surface area contributed by atoms with Gasteiger partial charge in [0.25, 0.3) is 0 Å². The SMILES string of the molecule is C=CC(=O)OC(C)COC(=O)C(O)CC(=O)O. The Morgan fingerprint density at radius 2 is 2.00 bits per heavy atom. The van der Waals surface area contributed by atoms with E-state index < -0.39 is 36.5 Å². The normalized spacial score (nSPS) is 13.3. The Morgan fingerprint density at radius 3 is 2.47 bits per heavy atom. The number of rotatable bonds is 7. The first-order chi connectivity index (χ1) is 7.86. The minimum absolute atomic E-state index is 0.269. The van der Waals surface area contributed by atoms with Crippen molar-refractivity contribution in [3.8, 4) is 0 Å². The van der Waals surface area contributed by atoms with E-state index in [1.54, 1.807) is 0 Å². The molecule has 17 heavy (non-hydrogen) atoms. The van der Waals surface area contributed by atoms with Crippen molar-refractivity contribution in [2.45, 2.75) is 25.6 Å². The molecule has 0 aromatic heterocycles. The van der Waals surface area contributed by atoms with E-state index in [2.05, 4.69) is 16.1 Å². The highest BCUT2D eigenvalue weighted by atomic mass is 16.6. The zero-order chi connectivity index (χ0) is 13.4. The second-order valence-corrected chi connectivity index (χ2v) is 3.20. The summed E-state index contributed by atoms with van der Waals surface area (Å²) in [5.41, 5.74) is 0. The first-order valence-corrected chi connectivity index (χ1v) is 4.76. The van der Waals surface area contributed by atoms with Crippen LogP contribution in [0.1, 0.15) is 13.3 Å². The van der Waals surface area contributed by atoms with E-state index in [-0.39, 0.29) is 6.61 Å². The number of carbonyl (C=O) groups is 3. The minimum Gasteiger partial charge on any atom is -0.481 e. The number of aliphatic carboxylic acids is 1. The quantitative estimate of drug-likeness (QED) is 0.459. The van der Waals surface area contributed by atoms with Crippen molar-refractivity contribution in [3.63, 3.8) is 0 Å². The molecule has 2 N–H and O–H groups in total. The van der Waals surface area contributed by atoms with Crippen LogP contribution in [0.5, 0.6) is 0 Å². The molecule has 0 bridgehead atoms. The van der Waals surface area contributed by atoms with Gasteiger partial charge >= 0.3 is 17.9 Å². The van der Waals surface area contributed by atoms with E-state index in [0.717, 1.165) is 6.08 Å². The van der Waals surface area contributed by atoms with E-state index >= 15 is 0 Å². The molecule has 0 aliphatic carbocycles. The number of carbonyl (C=O) groups excluding carboxylic acids is 2. The van der Waals surface area contributed by atoms with Crippen LogP contribution in [-0.2, 0) is 23.9 Å². The number of esters is 2. The van der Waals surface area contributed by atoms with Gasteiger partial charge in [-0.1, -0.05) is 6.58 Å². The van der Waals surface area contributed by atoms with Gasteiger partial charge in [0.1, 0.15) is 12.7 Å². The number of carboxylic acid groups (broad SMARTS) is 1. The third-order valence-electron chi connectivity index (χ3n) is 1.58. The van der Waals surface area contributed by atoms with E-state index in [0.29, 0.717) is 0 Å². The lowest BCUT2D eigenvalue weighted by Crippen LogP contribution is -2.29. The van der Waals surface area contributed by atoms with Gasteiger partial charge in [-0.15, -0.1) is 0 Å².